The highest BCUT2D eigenvalue weighted by molar-refractivity contribution is 7.89. The van der Waals surface area contributed by atoms with E-state index in [4.69, 9.17) is 4.74 Å². The van der Waals surface area contributed by atoms with Crippen molar-refractivity contribution in [1.82, 2.24) is 9.62 Å². The van der Waals surface area contributed by atoms with E-state index in [1.54, 1.807) is 19.1 Å². The molecule has 1 N–H and O–H groups in total. The molecule has 0 radical (unpaired) electrons. The van der Waals surface area contributed by atoms with Crippen molar-refractivity contribution >= 4 is 15.9 Å². The van der Waals surface area contributed by atoms with E-state index in [1.807, 2.05) is 0 Å². The van der Waals surface area contributed by atoms with Gasteiger partial charge in [0.2, 0.25) is 15.9 Å². The van der Waals surface area contributed by atoms with Crippen LogP contribution in [0.1, 0.15) is 12.5 Å². The number of hydrogen-bond acceptors (Lipinski definition) is 4. The molecule has 1 amide bonds. The molecule has 6 nitrogen and oxygen atoms in total. The van der Waals surface area contributed by atoms with Crippen LogP contribution in [-0.2, 0) is 26.0 Å². The van der Waals surface area contributed by atoms with E-state index in [2.05, 4.69) is 4.72 Å². The number of carbonyl (C=O) groups is 1. The first kappa shape index (κ1) is 18.8. The number of morpholine rings is 1. The first-order chi connectivity index (χ1) is 11.3. The van der Waals surface area contributed by atoms with E-state index in [9.17, 15) is 22.0 Å². The second kappa shape index (κ2) is 8.00. The molecule has 0 aromatic heterocycles. The van der Waals surface area contributed by atoms with Gasteiger partial charge in [0.05, 0.1) is 24.5 Å². The maximum Gasteiger partial charge on any atom is 0.266 e. The second-order valence-corrected chi connectivity index (χ2v) is 7.17. The van der Waals surface area contributed by atoms with Crippen LogP contribution in [0.4, 0.5) is 8.78 Å². The third kappa shape index (κ3) is 4.71. The van der Waals surface area contributed by atoms with Crippen LogP contribution in [0.3, 0.4) is 0 Å². The number of hydrogen-bond donors (Lipinski definition) is 1. The minimum Gasteiger partial charge on any atom is -0.369 e. The third-order valence-electron chi connectivity index (χ3n) is 3.65. The number of halogens is 2. The van der Waals surface area contributed by atoms with Gasteiger partial charge in [-0.1, -0.05) is 19.1 Å². The molecule has 1 heterocycles. The van der Waals surface area contributed by atoms with E-state index >= 15 is 0 Å². The van der Waals surface area contributed by atoms with Crippen LogP contribution in [0.15, 0.2) is 29.2 Å². The van der Waals surface area contributed by atoms with Gasteiger partial charge in [0.25, 0.3) is 6.43 Å². The van der Waals surface area contributed by atoms with Crippen LogP contribution in [0.25, 0.3) is 0 Å². The lowest BCUT2D eigenvalue weighted by Gasteiger charge is -2.32. The van der Waals surface area contributed by atoms with Gasteiger partial charge in [0, 0.05) is 13.1 Å². The summed E-state index contributed by atoms with van der Waals surface area (Å²) in [4.78, 5) is 13.7. The SMILES string of the molecule is CCNS(=O)(=O)c1ccc(CC(=O)N2CCOC(C(F)F)C2)cc1. The molecule has 9 heteroatoms. The minimum absolute atomic E-state index is 0.0253. The summed E-state index contributed by atoms with van der Waals surface area (Å²) in [5.74, 6) is -0.286. The summed E-state index contributed by atoms with van der Waals surface area (Å²) in [6.45, 7) is 2.18. The largest absolute Gasteiger partial charge is 0.369 e. The summed E-state index contributed by atoms with van der Waals surface area (Å²) < 4.78 is 56.3. The van der Waals surface area contributed by atoms with Crippen molar-refractivity contribution in [1.29, 1.82) is 0 Å². The van der Waals surface area contributed by atoms with Crippen LogP contribution in [0, 0.1) is 0 Å². The summed E-state index contributed by atoms with van der Waals surface area (Å²) in [5, 5.41) is 0. The van der Waals surface area contributed by atoms with Gasteiger partial charge >= 0.3 is 0 Å². The third-order valence-corrected chi connectivity index (χ3v) is 5.21. The second-order valence-electron chi connectivity index (χ2n) is 5.41. The van der Waals surface area contributed by atoms with E-state index in [0.29, 0.717) is 5.56 Å². The highest BCUT2D eigenvalue weighted by Crippen LogP contribution is 2.15. The van der Waals surface area contributed by atoms with Gasteiger partial charge in [-0.3, -0.25) is 4.79 Å². The fourth-order valence-electron chi connectivity index (χ4n) is 2.40. The Morgan fingerprint density at radius 3 is 2.62 bits per heavy atom. The Bertz CT molecular complexity index is 665. The van der Waals surface area contributed by atoms with Crippen molar-refractivity contribution in [3.05, 3.63) is 29.8 Å². The summed E-state index contributed by atoms with van der Waals surface area (Å²) in [6, 6.07) is 5.93. The van der Waals surface area contributed by atoms with Crippen LogP contribution in [-0.4, -0.2) is 58.0 Å². The Kier molecular flexibility index (Phi) is 6.25. The minimum atomic E-state index is -3.54. The molecular weight excluding hydrogens is 342 g/mol. The Balaban J connectivity index is 1.99. The van der Waals surface area contributed by atoms with E-state index in [0.717, 1.165) is 0 Å². The smallest absolute Gasteiger partial charge is 0.266 e. The van der Waals surface area contributed by atoms with Crippen molar-refractivity contribution in [3.63, 3.8) is 0 Å². The van der Waals surface area contributed by atoms with Crippen LogP contribution < -0.4 is 4.72 Å². The molecule has 134 valence electrons. The zero-order valence-electron chi connectivity index (χ0n) is 13.2. The highest BCUT2D eigenvalue weighted by atomic mass is 32.2. The average molecular weight is 362 g/mol. The molecule has 2 rings (SSSR count). The van der Waals surface area contributed by atoms with Gasteiger partial charge in [-0.25, -0.2) is 21.9 Å². The number of ether oxygens (including phenoxy) is 1. The van der Waals surface area contributed by atoms with Crippen LogP contribution >= 0.6 is 0 Å². The Hall–Kier alpha value is -1.58. The van der Waals surface area contributed by atoms with E-state index in [1.165, 1.54) is 17.0 Å². The van der Waals surface area contributed by atoms with Gasteiger partial charge in [-0.2, -0.15) is 0 Å². The van der Waals surface area contributed by atoms with Crippen molar-refractivity contribution in [2.75, 3.05) is 26.2 Å². The van der Waals surface area contributed by atoms with E-state index in [-0.39, 0.29) is 43.5 Å². The Morgan fingerprint density at radius 2 is 2.04 bits per heavy atom. The number of alkyl halides is 2. The number of benzene rings is 1. The maximum atomic E-state index is 12.7. The molecule has 1 unspecified atom stereocenters. The quantitative estimate of drug-likeness (QED) is 0.820. The monoisotopic (exact) mass is 362 g/mol. The van der Waals surface area contributed by atoms with Gasteiger partial charge in [-0.15, -0.1) is 0 Å². The number of rotatable bonds is 6. The molecular formula is C15H20F2N2O4S. The molecule has 1 aliphatic rings. The number of nitrogens with one attached hydrogen (secondary N) is 1. The molecule has 0 bridgehead atoms. The molecule has 1 saturated heterocycles. The van der Waals surface area contributed by atoms with Crippen molar-refractivity contribution in [2.45, 2.75) is 30.8 Å². The summed E-state index contributed by atoms with van der Waals surface area (Å²) in [5.41, 5.74) is 0.621. The lowest BCUT2D eigenvalue weighted by Crippen LogP contribution is -2.48. The maximum absolute atomic E-state index is 12.7. The first-order valence-corrected chi connectivity index (χ1v) is 9.08. The lowest BCUT2D eigenvalue weighted by atomic mass is 10.1. The van der Waals surface area contributed by atoms with Gasteiger partial charge in [-0.05, 0) is 17.7 Å². The summed E-state index contributed by atoms with van der Waals surface area (Å²) >= 11 is 0. The summed E-state index contributed by atoms with van der Waals surface area (Å²) in [6.07, 6.45) is -3.86. The topological polar surface area (TPSA) is 75.7 Å². The normalized spacial score (nSPS) is 18.8. The number of carbonyl (C=O) groups excluding carboxylic acids is 1. The van der Waals surface area contributed by atoms with Crippen LogP contribution in [0.5, 0.6) is 0 Å². The molecule has 0 aliphatic carbocycles. The predicted molar refractivity (Wildman–Crippen MR) is 83.3 cm³/mol. The number of sulfonamides is 1. The lowest BCUT2D eigenvalue weighted by molar-refractivity contribution is -0.145. The first-order valence-electron chi connectivity index (χ1n) is 7.59. The van der Waals surface area contributed by atoms with Crippen LogP contribution in [0.2, 0.25) is 0 Å². The molecule has 1 fully saturated rings. The molecule has 0 spiro atoms. The molecule has 24 heavy (non-hydrogen) atoms. The molecule has 1 aromatic carbocycles. The average Bonchev–Trinajstić information content (AvgIpc) is 2.55. The highest BCUT2D eigenvalue weighted by Gasteiger charge is 2.30. The molecule has 1 atom stereocenters. The number of nitrogens with zero attached hydrogens (tertiary/aromatic N) is 1. The Labute approximate surface area is 139 Å². The van der Waals surface area contributed by atoms with Gasteiger partial charge in [0.1, 0.15) is 6.10 Å². The van der Waals surface area contributed by atoms with Gasteiger partial charge in [0.15, 0.2) is 0 Å². The predicted octanol–water partition coefficient (Wildman–Crippen LogP) is 1.02. The van der Waals surface area contributed by atoms with Gasteiger partial charge < -0.3 is 9.64 Å². The standard InChI is InChI=1S/C15H20F2N2O4S/c1-2-18-24(21,22)12-5-3-11(4-6-12)9-14(20)19-7-8-23-13(10-19)15(16)17/h3-6,13,15,18H,2,7-10H2,1H3. The zero-order chi connectivity index (χ0) is 17.7. The number of amides is 1. The molecule has 1 aliphatic heterocycles. The fraction of sp³-hybridized carbons (Fsp3) is 0.533. The molecule has 0 saturated carbocycles. The molecule has 1 aromatic rings. The summed E-state index contributed by atoms with van der Waals surface area (Å²) in [7, 11) is -3.54. The zero-order valence-corrected chi connectivity index (χ0v) is 14.1. The van der Waals surface area contributed by atoms with Crippen molar-refractivity contribution in [3.8, 4) is 0 Å². The van der Waals surface area contributed by atoms with E-state index < -0.39 is 22.6 Å². The Morgan fingerprint density at radius 1 is 1.38 bits per heavy atom. The van der Waals surface area contributed by atoms with Crippen molar-refractivity contribution in [2.24, 2.45) is 0 Å². The van der Waals surface area contributed by atoms with Crippen molar-refractivity contribution < 1.29 is 26.7 Å². The fourth-order valence-corrected chi connectivity index (χ4v) is 3.44.